The maximum absolute atomic E-state index is 9.05. The van der Waals surface area contributed by atoms with E-state index in [1.54, 1.807) is 0 Å². The van der Waals surface area contributed by atoms with Crippen molar-refractivity contribution in [1.82, 2.24) is 19.7 Å². The van der Waals surface area contributed by atoms with E-state index in [1.807, 2.05) is 0 Å². The normalized spacial score (nSPS) is 22.1. The first-order valence-corrected chi connectivity index (χ1v) is 9.47. The van der Waals surface area contributed by atoms with Crippen LogP contribution in [0.15, 0.2) is 18.2 Å². The zero-order valence-corrected chi connectivity index (χ0v) is 15.0. The lowest BCUT2D eigenvalue weighted by Gasteiger charge is -2.42. The summed E-state index contributed by atoms with van der Waals surface area (Å²) in [4.78, 5) is 12.3. The van der Waals surface area contributed by atoms with Gasteiger partial charge in [0.15, 0.2) is 0 Å². The van der Waals surface area contributed by atoms with Gasteiger partial charge < -0.3 is 10.0 Å². The van der Waals surface area contributed by atoms with Gasteiger partial charge >= 0.3 is 0 Å². The average molecular weight is 332 g/mol. The number of pyridine rings is 1. The topological polar surface area (TPSA) is 42.8 Å². The Hall–Kier alpha value is -1.01. The molecule has 1 aromatic rings. The molecule has 5 heteroatoms. The van der Waals surface area contributed by atoms with Gasteiger partial charge in [-0.3, -0.25) is 14.8 Å². The number of aliphatic hydroxyl groups is 1. The quantitative estimate of drug-likeness (QED) is 0.842. The molecule has 1 aromatic heterocycles. The maximum Gasteiger partial charge on any atom is 0.0558 e. The van der Waals surface area contributed by atoms with Gasteiger partial charge in [0.2, 0.25) is 0 Å². The molecule has 2 fully saturated rings. The third-order valence-electron chi connectivity index (χ3n) is 5.53. The Kier molecular flexibility index (Phi) is 6.60. The Morgan fingerprint density at radius 3 is 2.38 bits per heavy atom. The third kappa shape index (κ3) is 4.99. The summed E-state index contributed by atoms with van der Waals surface area (Å²) in [5, 5.41) is 9.05. The SMILES string of the molecule is Cc1cccc(CCN2CCC(N3CCN(CCO)CC3)CC2)n1. The smallest absolute Gasteiger partial charge is 0.0558 e. The molecule has 0 aliphatic carbocycles. The lowest BCUT2D eigenvalue weighted by Crippen LogP contribution is -2.53. The number of aliphatic hydroxyl groups excluding tert-OH is 1. The second-order valence-electron chi connectivity index (χ2n) is 7.19. The fourth-order valence-corrected chi connectivity index (χ4v) is 4.01. The molecule has 3 heterocycles. The van der Waals surface area contributed by atoms with Crippen molar-refractivity contribution in [2.45, 2.75) is 32.2 Å². The molecule has 2 aliphatic heterocycles. The van der Waals surface area contributed by atoms with Crippen LogP contribution < -0.4 is 0 Å². The molecule has 0 unspecified atom stereocenters. The summed E-state index contributed by atoms with van der Waals surface area (Å²) in [6, 6.07) is 7.08. The van der Waals surface area contributed by atoms with Crippen molar-refractivity contribution in [3.63, 3.8) is 0 Å². The summed E-state index contributed by atoms with van der Waals surface area (Å²) in [6.45, 7) is 11.3. The molecular weight excluding hydrogens is 300 g/mol. The van der Waals surface area contributed by atoms with Gasteiger partial charge in [0.05, 0.1) is 6.61 Å². The number of rotatable bonds is 6. The first-order chi connectivity index (χ1) is 11.7. The Balaban J connectivity index is 1.37. The van der Waals surface area contributed by atoms with Crippen LogP contribution in [0.2, 0.25) is 0 Å². The molecule has 0 spiro atoms. The number of β-amino-alcohol motifs (C(OH)–C–C–N with tert-alkyl or cyclic N) is 1. The second-order valence-corrected chi connectivity index (χ2v) is 7.19. The monoisotopic (exact) mass is 332 g/mol. The number of piperidine rings is 1. The lowest BCUT2D eigenvalue weighted by atomic mass is 10.0. The summed E-state index contributed by atoms with van der Waals surface area (Å²) < 4.78 is 0. The maximum atomic E-state index is 9.05. The highest BCUT2D eigenvalue weighted by Crippen LogP contribution is 2.18. The lowest BCUT2D eigenvalue weighted by molar-refractivity contribution is 0.0533. The van der Waals surface area contributed by atoms with E-state index in [-0.39, 0.29) is 6.61 Å². The van der Waals surface area contributed by atoms with Gasteiger partial charge in [0, 0.05) is 63.1 Å². The number of aromatic nitrogens is 1. The summed E-state index contributed by atoms with van der Waals surface area (Å²) >= 11 is 0. The van der Waals surface area contributed by atoms with Crippen LogP contribution >= 0.6 is 0 Å². The van der Waals surface area contributed by atoms with Crippen molar-refractivity contribution < 1.29 is 5.11 Å². The minimum absolute atomic E-state index is 0.286. The minimum Gasteiger partial charge on any atom is -0.395 e. The van der Waals surface area contributed by atoms with Gasteiger partial charge in [0.25, 0.3) is 0 Å². The molecule has 2 aliphatic rings. The first-order valence-electron chi connectivity index (χ1n) is 9.47. The average Bonchev–Trinajstić information content (AvgIpc) is 2.62. The van der Waals surface area contributed by atoms with E-state index in [9.17, 15) is 0 Å². The molecule has 134 valence electrons. The molecular formula is C19H32N4O. The predicted molar refractivity (Wildman–Crippen MR) is 97.2 cm³/mol. The fraction of sp³-hybridized carbons (Fsp3) is 0.737. The molecule has 3 rings (SSSR count). The van der Waals surface area contributed by atoms with Crippen molar-refractivity contribution in [1.29, 1.82) is 0 Å². The Bertz CT molecular complexity index is 494. The van der Waals surface area contributed by atoms with Crippen molar-refractivity contribution in [3.8, 4) is 0 Å². The molecule has 24 heavy (non-hydrogen) atoms. The Labute approximate surface area is 146 Å². The third-order valence-corrected chi connectivity index (χ3v) is 5.53. The number of aryl methyl sites for hydroxylation is 1. The van der Waals surface area contributed by atoms with Gasteiger partial charge in [-0.15, -0.1) is 0 Å². The van der Waals surface area contributed by atoms with E-state index in [0.29, 0.717) is 0 Å². The van der Waals surface area contributed by atoms with Gasteiger partial charge in [0.1, 0.15) is 0 Å². The molecule has 1 N–H and O–H groups in total. The zero-order valence-electron chi connectivity index (χ0n) is 15.0. The van der Waals surface area contributed by atoms with Crippen LogP contribution in [0.4, 0.5) is 0 Å². The van der Waals surface area contributed by atoms with Crippen molar-refractivity contribution in [3.05, 3.63) is 29.6 Å². The van der Waals surface area contributed by atoms with E-state index in [1.165, 1.54) is 31.6 Å². The van der Waals surface area contributed by atoms with Crippen LogP contribution in [0.3, 0.4) is 0 Å². The molecule has 0 amide bonds. The molecule has 2 saturated heterocycles. The van der Waals surface area contributed by atoms with E-state index in [4.69, 9.17) is 5.11 Å². The van der Waals surface area contributed by atoms with Gasteiger partial charge in [-0.1, -0.05) is 6.07 Å². The molecule has 0 atom stereocenters. The van der Waals surface area contributed by atoms with Crippen LogP contribution in [-0.2, 0) is 6.42 Å². The van der Waals surface area contributed by atoms with Gasteiger partial charge in [-0.05, 0) is 45.0 Å². The molecule has 0 saturated carbocycles. The summed E-state index contributed by atoms with van der Waals surface area (Å²) in [5.41, 5.74) is 2.34. The summed E-state index contributed by atoms with van der Waals surface area (Å²) in [5.74, 6) is 0. The van der Waals surface area contributed by atoms with E-state index in [2.05, 4.69) is 44.8 Å². The van der Waals surface area contributed by atoms with Crippen molar-refractivity contribution >= 4 is 0 Å². The predicted octanol–water partition coefficient (Wildman–Crippen LogP) is 1.01. The second kappa shape index (κ2) is 8.90. The zero-order chi connectivity index (χ0) is 16.8. The standard InChI is InChI=1S/C19H32N4O/c1-17-3-2-4-18(20-17)5-8-21-9-6-19(7-10-21)23-13-11-22(12-14-23)15-16-24/h2-4,19,24H,5-16H2,1H3. The van der Waals surface area contributed by atoms with Gasteiger partial charge in [-0.2, -0.15) is 0 Å². The summed E-state index contributed by atoms with van der Waals surface area (Å²) in [7, 11) is 0. The number of hydrogen-bond donors (Lipinski definition) is 1. The Morgan fingerprint density at radius 1 is 1.00 bits per heavy atom. The van der Waals surface area contributed by atoms with Crippen LogP contribution in [-0.4, -0.2) is 89.8 Å². The molecule has 0 bridgehead atoms. The Morgan fingerprint density at radius 2 is 1.71 bits per heavy atom. The van der Waals surface area contributed by atoms with E-state index in [0.717, 1.165) is 57.4 Å². The highest BCUT2D eigenvalue weighted by Gasteiger charge is 2.27. The molecule has 5 nitrogen and oxygen atoms in total. The fourth-order valence-electron chi connectivity index (χ4n) is 4.01. The van der Waals surface area contributed by atoms with Crippen LogP contribution in [0, 0.1) is 6.92 Å². The van der Waals surface area contributed by atoms with E-state index < -0.39 is 0 Å². The van der Waals surface area contributed by atoms with Gasteiger partial charge in [-0.25, -0.2) is 0 Å². The van der Waals surface area contributed by atoms with Crippen molar-refractivity contribution in [2.75, 3.05) is 59.0 Å². The number of hydrogen-bond acceptors (Lipinski definition) is 5. The van der Waals surface area contributed by atoms with E-state index >= 15 is 0 Å². The number of piperazine rings is 1. The number of nitrogens with zero attached hydrogens (tertiary/aromatic N) is 4. The largest absolute Gasteiger partial charge is 0.395 e. The summed E-state index contributed by atoms with van der Waals surface area (Å²) in [6.07, 6.45) is 3.65. The van der Waals surface area contributed by atoms with Crippen LogP contribution in [0.25, 0.3) is 0 Å². The number of likely N-dealkylation sites (tertiary alicyclic amines) is 1. The van der Waals surface area contributed by atoms with Crippen molar-refractivity contribution in [2.24, 2.45) is 0 Å². The first kappa shape index (κ1) is 17.8. The minimum atomic E-state index is 0.286. The molecule has 0 radical (unpaired) electrons. The highest BCUT2D eigenvalue weighted by molar-refractivity contribution is 5.10. The van der Waals surface area contributed by atoms with Crippen LogP contribution in [0.5, 0.6) is 0 Å². The molecule has 0 aromatic carbocycles. The van der Waals surface area contributed by atoms with Crippen LogP contribution in [0.1, 0.15) is 24.2 Å². The highest BCUT2D eigenvalue weighted by atomic mass is 16.3.